The van der Waals surface area contributed by atoms with Crippen LogP contribution in [0.1, 0.15) is 18.1 Å². The quantitative estimate of drug-likeness (QED) is 0.209. The summed E-state index contributed by atoms with van der Waals surface area (Å²) in [6.45, 7) is 3.79. The van der Waals surface area contributed by atoms with Gasteiger partial charge >= 0.3 is 0 Å². The number of H-pyrrole nitrogens is 1. The zero-order chi connectivity index (χ0) is 22.2. The Bertz CT molecular complexity index is 1060. The lowest BCUT2D eigenvalue weighted by Crippen LogP contribution is -2.38. The lowest BCUT2D eigenvalue weighted by atomic mass is 10.1. The molecule has 0 spiro atoms. The second-order valence-electron chi connectivity index (χ2n) is 6.87. The minimum atomic E-state index is -0.236. The third-order valence-electron chi connectivity index (χ3n) is 4.95. The van der Waals surface area contributed by atoms with E-state index in [1.165, 1.54) is 6.07 Å². The summed E-state index contributed by atoms with van der Waals surface area (Å²) in [7, 11) is 4.76. The van der Waals surface area contributed by atoms with E-state index in [1.807, 2.05) is 25.3 Å². The molecule has 0 aliphatic carbocycles. The Morgan fingerprint density at radius 2 is 1.78 bits per heavy atom. The number of halogens is 2. The third kappa shape index (κ3) is 5.96. The summed E-state index contributed by atoms with van der Waals surface area (Å²) in [6.07, 6.45) is 2.65. The SMILES string of the molecule is CCNC(=NCc1ccc(OC)c(OC)c1OC)NCCc1c[nH]c2ccc(F)cc12.I. The molecule has 2 aromatic carbocycles. The van der Waals surface area contributed by atoms with Gasteiger partial charge < -0.3 is 29.8 Å². The summed E-state index contributed by atoms with van der Waals surface area (Å²) in [6, 6.07) is 8.52. The molecule has 0 unspecified atom stereocenters. The van der Waals surface area contributed by atoms with Gasteiger partial charge in [0.1, 0.15) is 5.82 Å². The summed E-state index contributed by atoms with van der Waals surface area (Å²) in [5, 5.41) is 7.48. The number of nitrogens with zero attached hydrogens (tertiary/aromatic N) is 1. The molecule has 0 amide bonds. The van der Waals surface area contributed by atoms with E-state index in [2.05, 4.69) is 20.6 Å². The molecule has 1 heterocycles. The number of aromatic amines is 1. The summed E-state index contributed by atoms with van der Waals surface area (Å²) in [4.78, 5) is 7.85. The number of ether oxygens (including phenoxy) is 3. The molecule has 3 aromatic rings. The highest BCUT2D eigenvalue weighted by Gasteiger charge is 2.15. The number of guanidine groups is 1. The highest BCUT2D eigenvalue weighted by Crippen LogP contribution is 2.39. The van der Waals surface area contributed by atoms with Gasteiger partial charge in [-0.2, -0.15) is 0 Å². The second kappa shape index (κ2) is 12.4. The fraction of sp³-hybridized carbons (Fsp3) is 0.348. The molecule has 32 heavy (non-hydrogen) atoms. The standard InChI is InChI=1S/C23H29FN4O3.HI/c1-5-25-23(26-11-10-15-13-27-19-8-7-17(24)12-18(15)19)28-14-16-6-9-20(29-2)22(31-4)21(16)30-3;/h6-9,12-13,27H,5,10-11,14H2,1-4H3,(H2,25,26,28);1H. The van der Waals surface area contributed by atoms with Crippen molar-refractivity contribution in [3.8, 4) is 17.2 Å². The van der Waals surface area contributed by atoms with E-state index in [4.69, 9.17) is 14.2 Å². The summed E-state index contributed by atoms with van der Waals surface area (Å²) >= 11 is 0. The van der Waals surface area contributed by atoms with Gasteiger partial charge in [-0.3, -0.25) is 0 Å². The minimum Gasteiger partial charge on any atom is -0.493 e. The van der Waals surface area contributed by atoms with Crippen LogP contribution in [-0.4, -0.2) is 45.4 Å². The van der Waals surface area contributed by atoms with Crippen molar-refractivity contribution in [2.75, 3.05) is 34.4 Å². The van der Waals surface area contributed by atoms with Crippen molar-refractivity contribution in [3.63, 3.8) is 0 Å². The number of aliphatic imine (C=N–C) groups is 1. The lowest BCUT2D eigenvalue weighted by Gasteiger charge is -2.15. The Labute approximate surface area is 204 Å². The van der Waals surface area contributed by atoms with Crippen LogP contribution in [0, 0.1) is 5.82 Å². The Hall–Kier alpha value is -2.69. The third-order valence-corrected chi connectivity index (χ3v) is 4.95. The first-order valence-corrected chi connectivity index (χ1v) is 10.2. The van der Waals surface area contributed by atoms with Gasteiger partial charge in [0.2, 0.25) is 5.75 Å². The van der Waals surface area contributed by atoms with Crippen molar-refractivity contribution >= 4 is 40.8 Å². The smallest absolute Gasteiger partial charge is 0.203 e. The van der Waals surface area contributed by atoms with Gasteiger partial charge in [-0.1, -0.05) is 0 Å². The number of hydrogen-bond donors (Lipinski definition) is 3. The molecule has 3 N–H and O–H groups in total. The molecular formula is C23H30FIN4O3. The normalized spacial score (nSPS) is 11.1. The first kappa shape index (κ1) is 25.6. The highest BCUT2D eigenvalue weighted by molar-refractivity contribution is 14.0. The molecule has 0 aliphatic rings. The first-order valence-electron chi connectivity index (χ1n) is 10.2. The maximum atomic E-state index is 13.6. The van der Waals surface area contributed by atoms with Crippen LogP contribution in [0.4, 0.5) is 4.39 Å². The van der Waals surface area contributed by atoms with Crippen molar-refractivity contribution < 1.29 is 18.6 Å². The van der Waals surface area contributed by atoms with Crippen molar-refractivity contribution in [2.45, 2.75) is 19.9 Å². The van der Waals surface area contributed by atoms with E-state index in [-0.39, 0.29) is 29.8 Å². The molecule has 174 valence electrons. The number of methoxy groups -OCH3 is 3. The van der Waals surface area contributed by atoms with Gasteiger partial charge in [0.25, 0.3) is 0 Å². The van der Waals surface area contributed by atoms with Crippen molar-refractivity contribution in [2.24, 2.45) is 4.99 Å². The van der Waals surface area contributed by atoms with E-state index in [0.29, 0.717) is 36.3 Å². The number of aromatic nitrogens is 1. The predicted octanol–water partition coefficient (Wildman–Crippen LogP) is 4.25. The molecule has 1 aromatic heterocycles. The van der Waals surface area contributed by atoms with Crippen molar-refractivity contribution in [3.05, 3.63) is 53.5 Å². The average molecular weight is 556 g/mol. The van der Waals surface area contributed by atoms with E-state index < -0.39 is 0 Å². The fourth-order valence-electron chi connectivity index (χ4n) is 3.47. The number of benzene rings is 2. The van der Waals surface area contributed by atoms with E-state index in [1.54, 1.807) is 33.5 Å². The molecule has 0 atom stereocenters. The maximum absolute atomic E-state index is 13.6. The Kier molecular flexibility index (Phi) is 9.89. The molecule has 3 rings (SSSR count). The Morgan fingerprint density at radius 1 is 1.00 bits per heavy atom. The summed E-state index contributed by atoms with van der Waals surface area (Å²) < 4.78 is 29.9. The van der Waals surface area contributed by atoms with Gasteiger partial charge in [-0.25, -0.2) is 9.38 Å². The van der Waals surface area contributed by atoms with Crippen LogP contribution in [0.2, 0.25) is 0 Å². The van der Waals surface area contributed by atoms with Crippen molar-refractivity contribution in [1.82, 2.24) is 15.6 Å². The van der Waals surface area contributed by atoms with Gasteiger partial charge in [-0.15, -0.1) is 24.0 Å². The first-order chi connectivity index (χ1) is 15.1. The molecule has 0 radical (unpaired) electrons. The molecule has 0 fully saturated rings. The number of hydrogen-bond acceptors (Lipinski definition) is 4. The zero-order valence-electron chi connectivity index (χ0n) is 18.8. The lowest BCUT2D eigenvalue weighted by molar-refractivity contribution is 0.322. The van der Waals surface area contributed by atoms with Crippen LogP contribution in [0.15, 0.2) is 41.5 Å². The zero-order valence-corrected chi connectivity index (χ0v) is 21.1. The Morgan fingerprint density at radius 3 is 2.47 bits per heavy atom. The Balaban J connectivity index is 0.00000363. The maximum Gasteiger partial charge on any atom is 0.203 e. The molecule has 0 saturated heterocycles. The molecule has 0 bridgehead atoms. The van der Waals surface area contributed by atoms with Gasteiger partial charge in [0.05, 0.1) is 27.9 Å². The van der Waals surface area contributed by atoms with Crippen LogP contribution in [-0.2, 0) is 13.0 Å². The highest BCUT2D eigenvalue weighted by atomic mass is 127. The molecular weight excluding hydrogens is 526 g/mol. The van der Waals surface area contributed by atoms with Crippen LogP contribution in [0.3, 0.4) is 0 Å². The van der Waals surface area contributed by atoms with Gasteiger partial charge in [0, 0.05) is 35.8 Å². The van der Waals surface area contributed by atoms with Crippen LogP contribution in [0.25, 0.3) is 10.9 Å². The van der Waals surface area contributed by atoms with Crippen LogP contribution >= 0.6 is 24.0 Å². The van der Waals surface area contributed by atoms with E-state index >= 15 is 0 Å². The summed E-state index contributed by atoms with van der Waals surface area (Å²) in [5.41, 5.74) is 2.86. The second-order valence-corrected chi connectivity index (χ2v) is 6.87. The number of rotatable bonds is 9. The van der Waals surface area contributed by atoms with Gasteiger partial charge in [0.15, 0.2) is 17.5 Å². The minimum absolute atomic E-state index is 0. The summed E-state index contributed by atoms with van der Waals surface area (Å²) in [5.74, 6) is 2.20. The number of nitrogens with one attached hydrogen (secondary N) is 3. The average Bonchev–Trinajstić information content (AvgIpc) is 3.18. The molecule has 0 saturated carbocycles. The van der Waals surface area contributed by atoms with Crippen LogP contribution in [0.5, 0.6) is 17.2 Å². The van der Waals surface area contributed by atoms with Crippen molar-refractivity contribution in [1.29, 1.82) is 0 Å². The monoisotopic (exact) mass is 556 g/mol. The largest absolute Gasteiger partial charge is 0.493 e. The fourth-order valence-corrected chi connectivity index (χ4v) is 3.47. The molecule has 7 nitrogen and oxygen atoms in total. The van der Waals surface area contributed by atoms with Crippen LogP contribution < -0.4 is 24.8 Å². The van der Waals surface area contributed by atoms with E-state index in [9.17, 15) is 4.39 Å². The predicted molar refractivity (Wildman–Crippen MR) is 136 cm³/mol. The molecule has 9 heteroatoms. The number of fused-ring (bicyclic) bond motifs is 1. The van der Waals surface area contributed by atoms with E-state index in [0.717, 1.165) is 35.0 Å². The van der Waals surface area contributed by atoms with Gasteiger partial charge in [-0.05, 0) is 49.2 Å². The molecule has 0 aliphatic heterocycles. The topological polar surface area (TPSA) is 79.9 Å².